The van der Waals surface area contributed by atoms with Gasteiger partial charge in [-0.15, -0.1) is 12.4 Å². The van der Waals surface area contributed by atoms with Crippen molar-refractivity contribution in [3.8, 4) is 23.0 Å². The Morgan fingerprint density at radius 1 is 0.653 bits per heavy atom. The number of carboxylic acid groups (broad SMARTS) is 1. The second-order valence-electron chi connectivity index (χ2n) is 18.7. The third-order valence-corrected chi connectivity index (χ3v) is 13.1. The summed E-state index contributed by atoms with van der Waals surface area (Å²) in [6.07, 6.45) is 17.2. The molecule has 0 spiro atoms. The number of amides is 1. The summed E-state index contributed by atoms with van der Waals surface area (Å²) in [6, 6.07) is 20.7. The molecule has 0 saturated carbocycles. The summed E-state index contributed by atoms with van der Waals surface area (Å²) in [5.41, 5.74) is 11.8. The van der Waals surface area contributed by atoms with Gasteiger partial charge in [0, 0.05) is 29.4 Å². The second kappa shape index (κ2) is 30.5. The molecular formula is C58H77ClN2O11. The van der Waals surface area contributed by atoms with Gasteiger partial charge in [0.05, 0.1) is 19.8 Å². The van der Waals surface area contributed by atoms with Gasteiger partial charge < -0.3 is 46.1 Å². The molecule has 2 aliphatic rings. The van der Waals surface area contributed by atoms with Gasteiger partial charge in [0.2, 0.25) is 0 Å². The van der Waals surface area contributed by atoms with Crippen molar-refractivity contribution in [2.24, 2.45) is 5.73 Å². The van der Waals surface area contributed by atoms with Crippen molar-refractivity contribution >= 4 is 36.2 Å². The Morgan fingerprint density at radius 2 is 1.08 bits per heavy atom. The van der Waals surface area contributed by atoms with Crippen molar-refractivity contribution in [1.82, 2.24) is 5.32 Å². The van der Waals surface area contributed by atoms with Crippen LogP contribution in [0.15, 0.2) is 96.1 Å². The molecule has 0 aliphatic heterocycles. The lowest BCUT2D eigenvalue weighted by Gasteiger charge is -2.25. The van der Waals surface area contributed by atoms with Crippen LogP contribution in [-0.2, 0) is 44.7 Å². The van der Waals surface area contributed by atoms with E-state index in [0.717, 1.165) is 88.2 Å². The predicted molar refractivity (Wildman–Crippen MR) is 284 cm³/mol. The van der Waals surface area contributed by atoms with Gasteiger partial charge in [-0.3, -0.25) is 9.59 Å². The van der Waals surface area contributed by atoms with E-state index in [1.165, 1.54) is 31.4 Å². The lowest BCUT2D eigenvalue weighted by Crippen LogP contribution is -2.43. The van der Waals surface area contributed by atoms with Crippen molar-refractivity contribution < 1.29 is 54.2 Å². The largest absolute Gasteiger partial charge is 0.507 e. The number of carboxylic acids is 1. The van der Waals surface area contributed by atoms with Crippen LogP contribution in [0, 0.1) is 0 Å². The first-order chi connectivity index (χ1) is 34.0. The number of nitrogens with one attached hydrogen (secondary N) is 1. The lowest BCUT2D eigenvalue weighted by atomic mass is 9.83. The Morgan fingerprint density at radius 3 is 1.50 bits per heavy atom. The molecule has 13 nitrogen and oxygen atoms in total. The van der Waals surface area contributed by atoms with Crippen LogP contribution < -0.4 is 11.1 Å². The van der Waals surface area contributed by atoms with Gasteiger partial charge in [0.15, 0.2) is 0 Å². The number of carbonyl (C=O) groups is 4. The van der Waals surface area contributed by atoms with Gasteiger partial charge >= 0.3 is 17.9 Å². The number of rotatable bonds is 19. The van der Waals surface area contributed by atoms with E-state index in [4.69, 9.17) is 10.5 Å². The number of phenols is 4. The molecular weight excluding hydrogens is 936 g/mol. The highest BCUT2D eigenvalue weighted by Gasteiger charge is 2.31. The van der Waals surface area contributed by atoms with Crippen LogP contribution in [0.25, 0.3) is 0 Å². The molecule has 0 radical (unpaired) electrons. The number of hydrogen-bond acceptors (Lipinski definition) is 11. The Kier molecular flexibility index (Phi) is 25.5. The van der Waals surface area contributed by atoms with Crippen molar-refractivity contribution in [3.63, 3.8) is 0 Å². The van der Waals surface area contributed by atoms with Gasteiger partial charge in [-0.2, -0.15) is 0 Å². The van der Waals surface area contributed by atoms with Crippen LogP contribution in [0.2, 0.25) is 0 Å². The molecule has 0 saturated heterocycles. The van der Waals surface area contributed by atoms with Crippen LogP contribution in [0.1, 0.15) is 171 Å². The minimum atomic E-state index is -1.13. The van der Waals surface area contributed by atoms with E-state index >= 15 is 0 Å². The number of aryl methyl sites for hydroxylation is 2. The molecule has 0 fully saturated rings. The van der Waals surface area contributed by atoms with E-state index in [-0.39, 0.29) is 70.8 Å². The van der Waals surface area contributed by atoms with Crippen molar-refractivity contribution in [2.45, 2.75) is 154 Å². The Balaban J connectivity index is 0.000000316. The van der Waals surface area contributed by atoms with Crippen LogP contribution >= 0.6 is 12.4 Å². The number of carbonyl (C=O) groups excluding carboxylic acids is 3. The number of unbranched alkanes of at least 4 members (excludes halogenated alkanes) is 4. The zero-order valence-corrected chi connectivity index (χ0v) is 43.7. The topological polar surface area (TPSA) is 226 Å². The molecule has 2 aliphatic carbocycles. The first-order valence-corrected chi connectivity index (χ1v) is 25.1. The molecule has 8 N–H and O–H groups in total. The first kappa shape index (κ1) is 60.0. The molecule has 4 atom stereocenters. The number of phenolic OH excluding ortho intramolecular Hbond substituents is 3. The molecule has 392 valence electrons. The highest BCUT2D eigenvalue weighted by atomic mass is 35.5. The molecule has 0 bridgehead atoms. The average molecular weight is 1010 g/mol. The number of esters is 2. The molecule has 0 heterocycles. The van der Waals surface area contributed by atoms with Gasteiger partial charge in [-0.05, 0) is 119 Å². The summed E-state index contributed by atoms with van der Waals surface area (Å²) in [5.74, 6) is -3.33. The molecule has 4 aromatic rings. The molecule has 1 amide bonds. The second-order valence-corrected chi connectivity index (χ2v) is 18.7. The molecule has 4 aromatic carbocycles. The number of methoxy groups -OCH3 is 2. The molecule has 14 heteroatoms. The minimum Gasteiger partial charge on any atom is -0.507 e. The van der Waals surface area contributed by atoms with Crippen molar-refractivity contribution in [2.75, 3.05) is 14.2 Å². The van der Waals surface area contributed by atoms with E-state index in [1.807, 2.05) is 80.6 Å². The Labute approximate surface area is 432 Å². The normalized spacial score (nSPS) is 15.8. The van der Waals surface area contributed by atoms with Crippen molar-refractivity contribution in [1.29, 1.82) is 0 Å². The molecule has 6 rings (SSSR count). The van der Waals surface area contributed by atoms with E-state index in [2.05, 4.69) is 30.0 Å². The number of nitrogens with two attached hydrogens (primary N) is 1. The quantitative estimate of drug-likeness (QED) is 0.0265. The van der Waals surface area contributed by atoms with E-state index in [9.17, 15) is 44.7 Å². The van der Waals surface area contributed by atoms with Gasteiger partial charge in [-0.1, -0.05) is 123 Å². The van der Waals surface area contributed by atoms with Crippen LogP contribution in [0.3, 0.4) is 0 Å². The number of aromatic carboxylic acids is 1. The number of halogens is 1. The number of hydrogen-bond donors (Lipinski definition) is 7. The summed E-state index contributed by atoms with van der Waals surface area (Å²) < 4.78 is 9.47. The van der Waals surface area contributed by atoms with Gasteiger partial charge in [0.25, 0.3) is 5.91 Å². The molecule has 72 heavy (non-hydrogen) atoms. The monoisotopic (exact) mass is 1010 g/mol. The van der Waals surface area contributed by atoms with E-state index < -0.39 is 29.9 Å². The average Bonchev–Trinajstić information content (AvgIpc) is 3.34. The van der Waals surface area contributed by atoms with Gasteiger partial charge in [0.1, 0.15) is 40.6 Å². The number of benzene rings is 4. The van der Waals surface area contributed by atoms with Crippen LogP contribution in [-0.4, -0.2) is 75.7 Å². The number of ether oxygens (including phenoxy) is 2. The van der Waals surface area contributed by atoms with Gasteiger partial charge in [-0.25, -0.2) is 9.59 Å². The maximum atomic E-state index is 13.6. The summed E-state index contributed by atoms with van der Waals surface area (Å²) in [7, 11) is 2.63. The summed E-state index contributed by atoms with van der Waals surface area (Å²) >= 11 is 0. The summed E-state index contributed by atoms with van der Waals surface area (Å²) in [6.45, 7) is 8.23. The maximum absolute atomic E-state index is 13.6. The lowest BCUT2D eigenvalue weighted by molar-refractivity contribution is -0.143. The number of aromatic hydroxyl groups is 4. The highest BCUT2D eigenvalue weighted by molar-refractivity contribution is 6.01. The smallest absolute Gasteiger partial charge is 0.339 e. The maximum Gasteiger partial charge on any atom is 0.339 e. The zero-order chi connectivity index (χ0) is 52.0. The molecule has 0 aromatic heterocycles. The van der Waals surface area contributed by atoms with Crippen molar-refractivity contribution in [3.05, 3.63) is 141 Å². The first-order valence-electron chi connectivity index (χ1n) is 25.1. The predicted octanol–water partition coefficient (Wildman–Crippen LogP) is 11.5. The SMILES string of the molecule is CCCCCc1cc(O)c(C2C=C(C)CCC2)c(O)c1C(=O)N[C@@H](Cc1ccccc1)C(=O)OC.CCCCCc1cc(O)c(C2C=C(C)CCC2)c(O)c1C(=O)O.COC(=O)[C@@H](N)Cc1ccccc1.Cl. The summed E-state index contributed by atoms with van der Waals surface area (Å²) in [5, 5.41) is 55.5. The third-order valence-electron chi connectivity index (χ3n) is 13.1. The summed E-state index contributed by atoms with van der Waals surface area (Å²) in [4.78, 5) is 48.7. The third kappa shape index (κ3) is 17.5. The minimum absolute atomic E-state index is 0. The van der Waals surface area contributed by atoms with Crippen LogP contribution in [0.4, 0.5) is 0 Å². The fraction of sp³-hybridized carbons (Fsp3) is 0.448. The standard InChI is InChI=1S/C29H37NO5.C19H26O4.C10H13NO2.ClH/c1-4-5-7-14-22-18-24(31)25(21-15-10-11-19(2)16-21)27(32)26(22)28(33)30-23(29(34)35-3)17-20-12-8-6-9-13-20;1-3-4-5-8-14-11-15(20)16(18(21)17(14)19(22)23)13-9-6-7-12(2)10-13;1-13-10(12)9(11)7-8-5-3-2-4-6-8;/h6,8-9,12-13,16,18,21,23,31-32H,4-5,7,10-11,14-15,17H2,1-3H3,(H,30,33);10-11,13,20-21H,3-9H2,1-2H3,(H,22,23);2-6,9H,7,11H2,1H3;1H/t21?,23-;;9-;/m0.0./s1. The molecule has 2 unspecified atom stereocenters. The fourth-order valence-corrected chi connectivity index (χ4v) is 9.39. The Bertz CT molecular complexity index is 2460. The highest BCUT2D eigenvalue weighted by Crippen LogP contribution is 2.45. The van der Waals surface area contributed by atoms with E-state index in [0.29, 0.717) is 41.5 Å². The number of allylic oxidation sites excluding steroid dienone is 4. The zero-order valence-electron chi connectivity index (χ0n) is 42.9. The van der Waals surface area contributed by atoms with Crippen LogP contribution in [0.5, 0.6) is 23.0 Å². The van der Waals surface area contributed by atoms with E-state index in [1.54, 1.807) is 6.07 Å². The fourth-order valence-electron chi connectivity index (χ4n) is 9.39. The Hall–Kier alpha value is -6.31.